The standard InChI is InChI=1S/C10H13FO.3C10H13F.C9H10F2.C9H11F/c1-7(2)8-4-5-10(12-3)9(11)6-8;1-7(2)9-4-8(3)5-10(11)6-9;1-7(2)9-4-5-10(11)8(3)6-9;1-7(2)9-5-4-8(3)10(11)6-9;1-6(2)7-3-8(10)5-9(11)4-7;1-7(2)8-4-3-5-9(10)6-8/h4-7H,1-3H3;3*4-7H,1-3H3;3-6H,1-2H3;3-7H,1-2H3. The Labute approximate surface area is 392 Å². The Kier molecular flexibility index (Phi) is 26.0. The van der Waals surface area contributed by atoms with E-state index >= 15 is 0 Å². The lowest BCUT2D eigenvalue weighted by Gasteiger charge is -2.07. The fourth-order valence-corrected chi connectivity index (χ4v) is 5.91. The highest BCUT2D eigenvalue weighted by Crippen LogP contribution is 2.23. The average Bonchev–Trinajstić information content (AvgIpc) is 3.23. The van der Waals surface area contributed by atoms with E-state index in [1.807, 2.05) is 77.1 Å². The summed E-state index contributed by atoms with van der Waals surface area (Å²) in [6.45, 7) is 29.9. The number of hydrogen-bond acceptors (Lipinski definition) is 1. The van der Waals surface area contributed by atoms with Gasteiger partial charge >= 0.3 is 0 Å². The van der Waals surface area contributed by atoms with Crippen molar-refractivity contribution in [1.82, 2.24) is 0 Å². The van der Waals surface area contributed by atoms with Crippen molar-refractivity contribution in [2.45, 2.75) is 139 Å². The number of hydrogen-bond donors (Lipinski definition) is 0. The molecule has 0 heterocycles. The molecule has 6 aromatic carbocycles. The number of aryl methyl sites for hydroxylation is 3. The van der Waals surface area contributed by atoms with Crippen LogP contribution in [0.3, 0.4) is 0 Å². The fourth-order valence-electron chi connectivity index (χ4n) is 5.91. The summed E-state index contributed by atoms with van der Waals surface area (Å²) in [5, 5.41) is 0. The van der Waals surface area contributed by atoms with Gasteiger partial charge in [-0.15, -0.1) is 0 Å². The summed E-state index contributed by atoms with van der Waals surface area (Å²) in [7, 11) is 1.47. The van der Waals surface area contributed by atoms with E-state index in [9.17, 15) is 30.7 Å². The van der Waals surface area contributed by atoms with E-state index < -0.39 is 11.6 Å². The molecule has 8 heteroatoms. The number of halogens is 7. The molecule has 66 heavy (non-hydrogen) atoms. The number of ether oxygens (including phenoxy) is 1. The minimum atomic E-state index is -0.506. The zero-order valence-electron chi connectivity index (χ0n) is 42.0. The second-order valence-corrected chi connectivity index (χ2v) is 18.2. The third-order valence-electron chi connectivity index (χ3n) is 10.4. The Morgan fingerprint density at radius 2 is 0.712 bits per heavy atom. The van der Waals surface area contributed by atoms with Crippen molar-refractivity contribution in [3.8, 4) is 5.75 Å². The van der Waals surface area contributed by atoms with Gasteiger partial charge in [0, 0.05) is 6.07 Å². The first kappa shape index (κ1) is 58.6. The second-order valence-electron chi connectivity index (χ2n) is 18.2. The lowest BCUT2D eigenvalue weighted by molar-refractivity contribution is 0.386. The van der Waals surface area contributed by atoms with Crippen molar-refractivity contribution in [3.05, 3.63) is 206 Å². The average molecular weight is 919 g/mol. The summed E-state index contributed by atoms with van der Waals surface area (Å²) in [6, 6.07) is 31.2. The van der Waals surface area contributed by atoms with Gasteiger partial charge in [-0.2, -0.15) is 0 Å². The van der Waals surface area contributed by atoms with Crippen molar-refractivity contribution < 1.29 is 35.5 Å². The number of benzene rings is 6. The van der Waals surface area contributed by atoms with Gasteiger partial charge in [0.1, 0.15) is 34.9 Å². The molecule has 0 amide bonds. The summed E-state index contributed by atoms with van der Waals surface area (Å²) in [5.41, 5.74) is 8.52. The zero-order valence-corrected chi connectivity index (χ0v) is 42.0. The highest BCUT2D eigenvalue weighted by molar-refractivity contribution is 5.31. The Morgan fingerprint density at radius 1 is 0.318 bits per heavy atom. The van der Waals surface area contributed by atoms with Crippen LogP contribution in [0, 0.1) is 61.5 Å². The molecular weight excluding hydrogens is 846 g/mol. The van der Waals surface area contributed by atoms with Crippen LogP contribution in [0.25, 0.3) is 0 Å². The molecule has 0 aliphatic rings. The molecule has 1 nitrogen and oxygen atoms in total. The van der Waals surface area contributed by atoms with Crippen LogP contribution in [0.5, 0.6) is 5.75 Å². The minimum absolute atomic E-state index is 0.101. The quantitative estimate of drug-likeness (QED) is 0.145. The maximum Gasteiger partial charge on any atom is 0.165 e. The zero-order chi connectivity index (χ0) is 50.4. The van der Waals surface area contributed by atoms with Gasteiger partial charge in [0.2, 0.25) is 0 Å². The van der Waals surface area contributed by atoms with E-state index in [2.05, 4.69) is 55.4 Å². The molecule has 0 radical (unpaired) electrons. The predicted molar refractivity (Wildman–Crippen MR) is 264 cm³/mol. The first-order chi connectivity index (χ1) is 30.7. The molecule has 0 aliphatic heterocycles. The van der Waals surface area contributed by atoms with Gasteiger partial charge < -0.3 is 4.74 Å². The van der Waals surface area contributed by atoms with Crippen LogP contribution < -0.4 is 4.74 Å². The van der Waals surface area contributed by atoms with Gasteiger partial charge in [-0.1, -0.05) is 132 Å². The Bertz CT molecular complexity index is 2190. The normalized spacial score (nSPS) is 10.6. The molecule has 0 bridgehead atoms. The van der Waals surface area contributed by atoms with Gasteiger partial charge in [0.15, 0.2) is 11.6 Å². The summed E-state index contributed by atoms with van der Waals surface area (Å²) in [5.74, 6) is 0.737. The third kappa shape index (κ3) is 22.2. The highest BCUT2D eigenvalue weighted by atomic mass is 19.2. The summed E-state index contributed by atoms with van der Waals surface area (Å²) in [4.78, 5) is 0. The Morgan fingerprint density at radius 3 is 1.11 bits per heavy atom. The van der Waals surface area contributed by atoms with Crippen LogP contribution in [0.1, 0.15) is 169 Å². The third-order valence-corrected chi connectivity index (χ3v) is 10.4. The summed E-state index contributed by atoms with van der Waals surface area (Å²) in [6.07, 6.45) is 0. The Balaban J connectivity index is 0.000000396. The van der Waals surface area contributed by atoms with Crippen LogP contribution in [0.15, 0.2) is 115 Å². The van der Waals surface area contributed by atoms with Crippen molar-refractivity contribution in [3.63, 3.8) is 0 Å². The van der Waals surface area contributed by atoms with Crippen molar-refractivity contribution in [1.29, 1.82) is 0 Å². The first-order valence-corrected chi connectivity index (χ1v) is 22.6. The minimum Gasteiger partial charge on any atom is -0.494 e. The predicted octanol–water partition coefficient (Wildman–Crippen LogP) is 18.8. The molecule has 0 aromatic heterocycles. The number of methoxy groups -OCH3 is 1. The summed E-state index contributed by atoms with van der Waals surface area (Å²) < 4.78 is 94.0. The lowest BCUT2D eigenvalue weighted by Crippen LogP contribution is -1.92. The van der Waals surface area contributed by atoms with Crippen molar-refractivity contribution >= 4 is 0 Å². The highest BCUT2D eigenvalue weighted by Gasteiger charge is 2.07. The maximum absolute atomic E-state index is 13.1. The maximum atomic E-state index is 13.1. The molecular formula is C58H73F7O. The van der Waals surface area contributed by atoms with E-state index in [4.69, 9.17) is 4.74 Å². The molecule has 0 saturated heterocycles. The Hall–Kier alpha value is -5.37. The van der Waals surface area contributed by atoms with Crippen LogP contribution in [0.2, 0.25) is 0 Å². The van der Waals surface area contributed by atoms with Gasteiger partial charge in [-0.25, -0.2) is 30.7 Å². The molecule has 6 rings (SSSR count). The van der Waals surface area contributed by atoms with Crippen LogP contribution in [0.4, 0.5) is 30.7 Å². The summed E-state index contributed by atoms with van der Waals surface area (Å²) >= 11 is 0. The van der Waals surface area contributed by atoms with Gasteiger partial charge in [-0.3, -0.25) is 0 Å². The van der Waals surface area contributed by atoms with E-state index in [0.29, 0.717) is 40.9 Å². The lowest BCUT2D eigenvalue weighted by atomic mass is 10.0. The molecule has 360 valence electrons. The number of rotatable bonds is 7. The molecule has 0 spiro atoms. The smallest absolute Gasteiger partial charge is 0.165 e. The largest absolute Gasteiger partial charge is 0.494 e. The van der Waals surface area contributed by atoms with Crippen LogP contribution >= 0.6 is 0 Å². The molecule has 0 saturated carbocycles. The van der Waals surface area contributed by atoms with Crippen molar-refractivity contribution in [2.75, 3.05) is 7.11 Å². The van der Waals surface area contributed by atoms with Gasteiger partial charge in [-0.05, 0) is 167 Å². The fraction of sp³-hybridized carbons (Fsp3) is 0.379. The second kappa shape index (κ2) is 29.3. The molecule has 0 atom stereocenters. The monoisotopic (exact) mass is 919 g/mol. The molecule has 0 unspecified atom stereocenters. The van der Waals surface area contributed by atoms with Crippen LogP contribution in [-0.4, -0.2) is 7.11 Å². The first-order valence-electron chi connectivity index (χ1n) is 22.6. The molecule has 6 aromatic rings. The molecule has 0 N–H and O–H groups in total. The van der Waals surface area contributed by atoms with Crippen molar-refractivity contribution in [2.24, 2.45) is 0 Å². The topological polar surface area (TPSA) is 9.23 Å². The SMILES string of the molecule is CC(C)c1cc(F)cc(F)c1.CC(C)c1cccc(F)c1.COc1ccc(C(C)C)cc1F.Cc1cc(C(C)C)ccc1F.Cc1cc(F)cc(C(C)C)c1.Cc1ccc(C(C)C)cc1F. The van der Waals surface area contributed by atoms with Gasteiger partial charge in [0.25, 0.3) is 0 Å². The molecule has 0 fully saturated rings. The van der Waals surface area contributed by atoms with E-state index in [0.717, 1.165) is 45.0 Å². The van der Waals surface area contributed by atoms with E-state index in [1.165, 1.54) is 43.0 Å². The van der Waals surface area contributed by atoms with Crippen LogP contribution in [-0.2, 0) is 0 Å². The van der Waals surface area contributed by atoms with E-state index in [-0.39, 0.29) is 35.0 Å². The van der Waals surface area contributed by atoms with Gasteiger partial charge in [0.05, 0.1) is 7.11 Å². The van der Waals surface area contributed by atoms with E-state index in [1.54, 1.807) is 50.2 Å². The molecule has 0 aliphatic carbocycles.